The number of aromatic nitrogens is 2. The number of ether oxygens (including phenoxy) is 1. The Labute approximate surface area is 82.3 Å². The third-order valence-electron chi connectivity index (χ3n) is 1.44. The molecule has 0 aliphatic carbocycles. The Hall–Kier alpha value is -1.07. The highest BCUT2D eigenvalue weighted by Crippen LogP contribution is 1.95. The maximum atomic E-state index is 10.8. The molecule has 0 bridgehead atoms. The van der Waals surface area contributed by atoms with Gasteiger partial charge < -0.3 is 10.5 Å². The Kier molecular flexibility index (Phi) is 5.10. The Balaban J connectivity index is 0.00000144. The zero-order chi connectivity index (χ0) is 8.97. The zero-order valence-corrected chi connectivity index (χ0v) is 8.08. The Morgan fingerprint density at radius 2 is 2.46 bits per heavy atom. The fraction of sp³-hybridized carbons (Fsp3) is 0.429. The molecule has 0 aromatic carbocycles. The number of carbonyl (C=O) groups excluding carboxylic acids is 1. The molecule has 0 aliphatic rings. The molecule has 74 valence electrons. The fourth-order valence-electron chi connectivity index (χ4n) is 0.795. The number of nitrogens with two attached hydrogens (primary N) is 1. The van der Waals surface area contributed by atoms with Crippen molar-refractivity contribution in [1.82, 2.24) is 9.78 Å². The minimum Gasteiger partial charge on any atom is -0.468 e. The molecule has 0 radical (unpaired) electrons. The van der Waals surface area contributed by atoms with Gasteiger partial charge in [-0.05, 0) is 0 Å². The lowest BCUT2D eigenvalue weighted by Gasteiger charge is -1.97. The average Bonchev–Trinajstić information content (AvgIpc) is 2.52. The molecule has 1 aromatic rings. The number of methoxy groups -OCH3 is 1. The van der Waals surface area contributed by atoms with E-state index < -0.39 is 0 Å². The SMILES string of the molecule is COC(=O)Cn1cc(CN)cn1.Cl. The standard InChI is InChI=1S/C7H11N3O2.ClH/c1-12-7(11)5-10-4-6(2-8)3-9-10;/h3-4H,2,5,8H2,1H3;1H. The van der Waals surface area contributed by atoms with E-state index in [1.807, 2.05) is 0 Å². The molecule has 0 saturated carbocycles. The second-order valence-electron chi connectivity index (χ2n) is 2.33. The maximum Gasteiger partial charge on any atom is 0.327 e. The van der Waals surface area contributed by atoms with E-state index in [0.717, 1.165) is 5.56 Å². The Bertz CT molecular complexity index is 274. The molecule has 0 spiro atoms. The summed E-state index contributed by atoms with van der Waals surface area (Å²) in [6.07, 6.45) is 3.35. The van der Waals surface area contributed by atoms with Crippen LogP contribution < -0.4 is 5.73 Å². The number of carbonyl (C=O) groups is 1. The van der Waals surface area contributed by atoms with E-state index in [9.17, 15) is 4.79 Å². The van der Waals surface area contributed by atoms with E-state index in [1.165, 1.54) is 11.8 Å². The molecule has 5 nitrogen and oxygen atoms in total. The largest absolute Gasteiger partial charge is 0.468 e. The number of hydrogen-bond acceptors (Lipinski definition) is 4. The lowest BCUT2D eigenvalue weighted by atomic mass is 10.4. The lowest BCUT2D eigenvalue weighted by molar-refractivity contribution is -0.141. The summed E-state index contributed by atoms with van der Waals surface area (Å²) in [5.41, 5.74) is 6.26. The third kappa shape index (κ3) is 3.43. The van der Waals surface area contributed by atoms with Crippen LogP contribution >= 0.6 is 12.4 Å². The van der Waals surface area contributed by atoms with Crippen molar-refractivity contribution in [2.75, 3.05) is 7.11 Å². The van der Waals surface area contributed by atoms with Crippen molar-refractivity contribution in [2.45, 2.75) is 13.1 Å². The first-order chi connectivity index (χ1) is 5.76. The van der Waals surface area contributed by atoms with E-state index in [-0.39, 0.29) is 24.9 Å². The topological polar surface area (TPSA) is 70.1 Å². The number of rotatable bonds is 3. The van der Waals surface area contributed by atoms with Crippen molar-refractivity contribution in [3.63, 3.8) is 0 Å². The van der Waals surface area contributed by atoms with Crippen LogP contribution in [-0.2, 0) is 22.6 Å². The molecule has 0 unspecified atom stereocenters. The van der Waals surface area contributed by atoms with Crippen LogP contribution in [0.1, 0.15) is 5.56 Å². The van der Waals surface area contributed by atoms with Crippen LogP contribution in [0.2, 0.25) is 0 Å². The molecule has 2 N–H and O–H groups in total. The van der Waals surface area contributed by atoms with Gasteiger partial charge in [0.05, 0.1) is 13.3 Å². The van der Waals surface area contributed by atoms with Crippen molar-refractivity contribution in [3.8, 4) is 0 Å². The molecule has 0 saturated heterocycles. The number of hydrogen-bond donors (Lipinski definition) is 1. The summed E-state index contributed by atoms with van der Waals surface area (Å²) >= 11 is 0. The number of esters is 1. The van der Waals surface area contributed by atoms with E-state index >= 15 is 0 Å². The quantitative estimate of drug-likeness (QED) is 0.702. The molecular formula is C7H12ClN3O2. The third-order valence-corrected chi connectivity index (χ3v) is 1.44. The normalized spacial score (nSPS) is 9.08. The zero-order valence-electron chi connectivity index (χ0n) is 7.27. The summed E-state index contributed by atoms with van der Waals surface area (Å²) in [6, 6.07) is 0. The second kappa shape index (κ2) is 5.55. The molecule has 1 aromatic heterocycles. The van der Waals surface area contributed by atoms with Crippen molar-refractivity contribution < 1.29 is 9.53 Å². The maximum absolute atomic E-state index is 10.8. The molecule has 6 heteroatoms. The van der Waals surface area contributed by atoms with Gasteiger partial charge in [0.2, 0.25) is 0 Å². The first kappa shape index (κ1) is 11.9. The van der Waals surface area contributed by atoms with E-state index in [1.54, 1.807) is 12.4 Å². The second-order valence-corrected chi connectivity index (χ2v) is 2.33. The van der Waals surface area contributed by atoms with Gasteiger partial charge in [0.25, 0.3) is 0 Å². The van der Waals surface area contributed by atoms with Crippen LogP contribution in [0.15, 0.2) is 12.4 Å². The number of halogens is 1. The first-order valence-electron chi connectivity index (χ1n) is 3.54. The van der Waals surface area contributed by atoms with Crippen LogP contribution in [0.3, 0.4) is 0 Å². The van der Waals surface area contributed by atoms with Gasteiger partial charge in [-0.25, -0.2) is 0 Å². The van der Waals surface area contributed by atoms with Crippen LogP contribution in [0.25, 0.3) is 0 Å². The number of nitrogens with zero attached hydrogens (tertiary/aromatic N) is 2. The lowest BCUT2D eigenvalue weighted by Crippen LogP contribution is -2.11. The van der Waals surface area contributed by atoms with Gasteiger partial charge in [-0.2, -0.15) is 5.10 Å². The van der Waals surface area contributed by atoms with Crippen LogP contribution in [0, 0.1) is 0 Å². The highest BCUT2D eigenvalue weighted by molar-refractivity contribution is 5.85. The Morgan fingerprint density at radius 1 is 1.77 bits per heavy atom. The van der Waals surface area contributed by atoms with Crippen molar-refractivity contribution in [1.29, 1.82) is 0 Å². The predicted octanol–water partition coefficient (Wildman–Crippen LogP) is -0.0634. The van der Waals surface area contributed by atoms with Gasteiger partial charge >= 0.3 is 5.97 Å². The molecule has 1 heterocycles. The highest BCUT2D eigenvalue weighted by atomic mass is 35.5. The van der Waals surface area contributed by atoms with Gasteiger partial charge in [-0.1, -0.05) is 0 Å². The summed E-state index contributed by atoms with van der Waals surface area (Å²) in [5, 5.41) is 3.91. The van der Waals surface area contributed by atoms with E-state index in [0.29, 0.717) is 6.54 Å². The van der Waals surface area contributed by atoms with E-state index in [4.69, 9.17) is 5.73 Å². The highest BCUT2D eigenvalue weighted by Gasteiger charge is 2.02. The van der Waals surface area contributed by atoms with Gasteiger partial charge in [-0.15, -0.1) is 12.4 Å². The Morgan fingerprint density at radius 3 is 2.92 bits per heavy atom. The van der Waals surface area contributed by atoms with Crippen LogP contribution in [-0.4, -0.2) is 22.9 Å². The molecule has 13 heavy (non-hydrogen) atoms. The molecular weight excluding hydrogens is 194 g/mol. The van der Waals surface area contributed by atoms with Gasteiger partial charge in [-0.3, -0.25) is 9.48 Å². The summed E-state index contributed by atoms with van der Waals surface area (Å²) in [6.45, 7) is 0.567. The average molecular weight is 206 g/mol. The van der Waals surface area contributed by atoms with Crippen LogP contribution in [0.5, 0.6) is 0 Å². The van der Waals surface area contributed by atoms with E-state index in [2.05, 4.69) is 9.84 Å². The monoisotopic (exact) mass is 205 g/mol. The van der Waals surface area contributed by atoms with Crippen molar-refractivity contribution in [2.24, 2.45) is 5.73 Å². The van der Waals surface area contributed by atoms with Gasteiger partial charge in [0.15, 0.2) is 0 Å². The van der Waals surface area contributed by atoms with Crippen molar-refractivity contribution >= 4 is 18.4 Å². The minimum atomic E-state index is -0.318. The van der Waals surface area contributed by atoms with Gasteiger partial charge in [0.1, 0.15) is 6.54 Å². The predicted molar refractivity (Wildman–Crippen MR) is 49.4 cm³/mol. The fourth-order valence-corrected chi connectivity index (χ4v) is 0.795. The van der Waals surface area contributed by atoms with Crippen molar-refractivity contribution in [3.05, 3.63) is 18.0 Å². The minimum absolute atomic E-state index is 0. The summed E-state index contributed by atoms with van der Waals surface area (Å²) in [7, 11) is 1.34. The summed E-state index contributed by atoms with van der Waals surface area (Å²) in [5.74, 6) is -0.318. The molecule has 0 amide bonds. The van der Waals surface area contributed by atoms with Crippen LogP contribution in [0.4, 0.5) is 0 Å². The molecule has 0 atom stereocenters. The summed E-state index contributed by atoms with van der Waals surface area (Å²) in [4.78, 5) is 10.8. The molecule has 0 aliphatic heterocycles. The molecule has 1 rings (SSSR count). The first-order valence-corrected chi connectivity index (χ1v) is 3.54. The smallest absolute Gasteiger partial charge is 0.327 e. The summed E-state index contributed by atoms with van der Waals surface area (Å²) < 4.78 is 5.96. The molecule has 0 fully saturated rings. The van der Waals surface area contributed by atoms with Gasteiger partial charge in [0, 0.05) is 18.3 Å².